The molecule has 0 unspecified atom stereocenters. The van der Waals surface area contributed by atoms with Crippen molar-refractivity contribution < 1.29 is 4.79 Å². The van der Waals surface area contributed by atoms with Gasteiger partial charge in [-0.1, -0.05) is 59.6 Å². The topological polar surface area (TPSA) is 41.1 Å². The summed E-state index contributed by atoms with van der Waals surface area (Å²) in [6, 6.07) is 15.2. The predicted molar refractivity (Wildman–Crippen MR) is 87.9 cm³/mol. The van der Waals surface area contributed by atoms with Crippen LogP contribution in [0.5, 0.6) is 0 Å². The van der Waals surface area contributed by atoms with E-state index in [9.17, 15) is 4.79 Å². The second kappa shape index (κ2) is 7.91. The second-order valence-corrected chi connectivity index (χ2v) is 5.33. The third-order valence-electron chi connectivity index (χ3n) is 2.95. The van der Waals surface area contributed by atoms with Gasteiger partial charge in [-0.2, -0.15) is 0 Å². The van der Waals surface area contributed by atoms with E-state index in [1.54, 1.807) is 6.07 Å². The molecule has 2 rings (SSSR count). The minimum Gasteiger partial charge on any atom is -0.383 e. The molecular formula is C16H16Cl2N2O. The lowest BCUT2D eigenvalue weighted by atomic mass is 10.2. The lowest BCUT2D eigenvalue weighted by Crippen LogP contribution is -2.24. The van der Waals surface area contributed by atoms with E-state index in [0.717, 1.165) is 11.3 Å². The zero-order valence-electron chi connectivity index (χ0n) is 11.4. The number of rotatable bonds is 6. The first-order chi connectivity index (χ1) is 10.2. The molecule has 2 N–H and O–H groups in total. The van der Waals surface area contributed by atoms with Gasteiger partial charge in [0.2, 0.25) is 5.91 Å². The van der Waals surface area contributed by atoms with Gasteiger partial charge in [0.15, 0.2) is 0 Å². The minimum absolute atomic E-state index is 0.00972. The Kier molecular flexibility index (Phi) is 5.90. The van der Waals surface area contributed by atoms with Crippen molar-refractivity contribution in [1.82, 2.24) is 5.32 Å². The van der Waals surface area contributed by atoms with Crippen molar-refractivity contribution in [1.29, 1.82) is 0 Å². The molecule has 0 saturated heterocycles. The van der Waals surface area contributed by atoms with Gasteiger partial charge in [-0.15, -0.1) is 0 Å². The molecule has 0 saturated carbocycles. The largest absolute Gasteiger partial charge is 0.383 e. The number of hydrogen-bond donors (Lipinski definition) is 2. The number of carbonyl (C=O) groups excluding carboxylic acids is 1. The Morgan fingerprint density at radius 1 is 1.00 bits per heavy atom. The van der Waals surface area contributed by atoms with Gasteiger partial charge >= 0.3 is 0 Å². The van der Waals surface area contributed by atoms with Gasteiger partial charge in [0.25, 0.3) is 0 Å². The smallest absolute Gasteiger partial charge is 0.222 e. The lowest BCUT2D eigenvalue weighted by Gasteiger charge is -2.09. The zero-order chi connectivity index (χ0) is 15.1. The summed E-state index contributed by atoms with van der Waals surface area (Å²) in [6.45, 7) is 1.04. The highest BCUT2D eigenvalue weighted by Crippen LogP contribution is 2.29. The molecule has 0 aliphatic heterocycles. The van der Waals surface area contributed by atoms with Crippen LogP contribution in [0.2, 0.25) is 10.0 Å². The van der Waals surface area contributed by atoms with Crippen molar-refractivity contribution >= 4 is 34.8 Å². The standard InChI is InChI=1S/C16H16Cl2N2O/c17-13-7-4-8-14(16(13)18)19-10-9-15(21)20-11-12-5-2-1-3-6-12/h1-8,19H,9-11H2,(H,20,21). The van der Waals surface area contributed by atoms with Crippen molar-refractivity contribution in [2.24, 2.45) is 0 Å². The van der Waals surface area contributed by atoms with Gasteiger partial charge in [-0.25, -0.2) is 0 Å². The Morgan fingerprint density at radius 2 is 1.76 bits per heavy atom. The van der Waals surface area contributed by atoms with Crippen LogP contribution < -0.4 is 10.6 Å². The van der Waals surface area contributed by atoms with E-state index in [-0.39, 0.29) is 5.91 Å². The average molecular weight is 323 g/mol. The van der Waals surface area contributed by atoms with E-state index in [2.05, 4.69) is 10.6 Å². The number of carbonyl (C=O) groups is 1. The molecule has 5 heteroatoms. The maximum absolute atomic E-state index is 11.7. The Balaban J connectivity index is 1.73. The molecule has 0 aliphatic rings. The molecule has 1 amide bonds. The quantitative estimate of drug-likeness (QED) is 0.840. The van der Waals surface area contributed by atoms with Crippen LogP contribution in [0, 0.1) is 0 Å². The molecule has 2 aromatic rings. The highest BCUT2D eigenvalue weighted by Gasteiger charge is 2.05. The molecule has 2 aromatic carbocycles. The van der Waals surface area contributed by atoms with Crippen molar-refractivity contribution in [2.75, 3.05) is 11.9 Å². The maximum Gasteiger partial charge on any atom is 0.222 e. The first kappa shape index (κ1) is 15.7. The van der Waals surface area contributed by atoms with Crippen molar-refractivity contribution in [3.05, 3.63) is 64.1 Å². The fourth-order valence-electron chi connectivity index (χ4n) is 1.84. The molecule has 0 radical (unpaired) electrons. The minimum atomic E-state index is -0.00972. The monoisotopic (exact) mass is 322 g/mol. The molecule has 0 atom stereocenters. The number of halogens is 2. The molecule has 3 nitrogen and oxygen atoms in total. The number of anilines is 1. The molecular weight excluding hydrogens is 307 g/mol. The highest BCUT2D eigenvalue weighted by atomic mass is 35.5. The van der Waals surface area contributed by atoms with Crippen LogP contribution in [0.15, 0.2) is 48.5 Å². The molecule has 21 heavy (non-hydrogen) atoms. The first-order valence-corrected chi connectivity index (χ1v) is 7.41. The SMILES string of the molecule is O=C(CCNc1cccc(Cl)c1Cl)NCc1ccccc1. The molecule has 0 aliphatic carbocycles. The lowest BCUT2D eigenvalue weighted by molar-refractivity contribution is -0.121. The summed E-state index contributed by atoms with van der Waals surface area (Å²) in [6.07, 6.45) is 0.371. The van der Waals surface area contributed by atoms with Gasteiger partial charge in [-0.3, -0.25) is 4.79 Å². The van der Waals surface area contributed by atoms with Crippen LogP contribution in [0.25, 0.3) is 0 Å². The van der Waals surface area contributed by atoms with E-state index < -0.39 is 0 Å². The van der Waals surface area contributed by atoms with Crippen LogP contribution in [-0.4, -0.2) is 12.5 Å². The summed E-state index contributed by atoms with van der Waals surface area (Å²) in [7, 11) is 0. The summed E-state index contributed by atoms with van der Waals surface area (Å²) in [5.41, 5.74) is 1.82. The van der Waals surface area contributed by atoms with E-state index in [1.807, 2.05) is 42.5 Å². The van der Waals surface area contributed by atoms with E-state index in [4.69, 9.17) is 23.2 Å². The molecule has 0 fully saturated rings. The van der Waals surface area contributed by atoms with E-state index in [1.165, 1.54) is 0 Å². The summed E-state index contributed by atoms with van der Waals surface area (Å²) in [4.78, 5) is 11.7. The van der Waals surface area contributed by atoms with Crippen LogP contribution in [-0.2, 0) is 11.3 Å². The summed E-state index contributed by atoms with van der Waals surface area (Å²) >= 11 is 12.0. The van der Waals surface area contributed by atoms with Crippen molar-refractivity contribution in [3.63, 3.8) is 0 Å². The molecule has 0 spiro atoms. The van der Waals surface area contributed by atoms with Gasteiger partial charge < -0.3 is 10.6 Å². The number of benzene rings is 2. The van der Waals surface area contributed by atoms with Gasteiger partial charge in [0.05, 0.1) is 15.7 Å². The molecule has 0 heterocycles. The van der Waals surface area contributed by atoms with E-state index in [0.29, 0.717) is 29.6 Å². The zero-order valence-corrected chi connectivity index (χ0v) is 12.9. The molecule has 0 aromatic heterocycles. The number of nitrogens with one attached hydrogen (secondary N) is 2. The Hall–Kier alpha value is -1.71. The van der Waals surface area contributed by atoms with Gasteiger partial charge in [0, 0.05) is 19.5 Å². The highest BCUT2D eigenvalue weighted by molar-refractivity contribution is 6.43. The third kappa shape index (κ3) is 4.96. The van der Waals surface area contributed by atoms with E-state index >= 15 is 0 Å². The normalized spacial score (nSPS) is 10.2. The Labute approximate surface area is 134 Å². The molecule has 110 valence electrons. The van der Waals surface area contributed by atoms with Crippen LogP contribution in [0.3, 0.4) is 0 Å². The Bertz CT molecular complexity index is 602. The fourth-order valence-corrected chi connectivity index (χ4v) is 2.20. The number of amides is 1. The van der Waals surface area contributed by atoms with Gasteiger partial charge in [-0.05, 0) is 17.7 Å². The van der Waals surface area contributed by atoms with Crippen molar-refractivity contribution in [3.8, 4) is 0 Å². The van der Waals surface area contributed by atoms with Crippen LogP contribution >= 0.6 is 23.2 Å². The second-order valence-electron chi connectivity index (χ2n) is 4.54. The third-order valence-corrected chi connectivity index (χ3v) is 3.77. The fraction of sp³-hybridized carbons (Fsp3) is 0.188. The summed E-state index contributed by atoms with van der Waals surface area (Å²) in [5.74, 6) is -0.00972. The van der Waals surface area contributed by atoms with Crippen LogP contribution in [0.4, 0.5) is 5.69 Å². The van der Waals surface area contributed by atoms with Crippen molar-refractivity contribution in [2.45, 2.75) is 13.0 Å². The number of hydrogen-bond acceptors (Lipinski definition) is 2. The summed E-state index contributed by atoms with van der Waals surface area (Å²) in [5, 5.41) is 6.95. The van der Waals surface area contributed by atoms with Gasteiger partial charge in [0.1, 0.15) is 0 Å². The first-order valence-electron chi connectivity index (χ1n) is 6.65. The average Bonchev–Trinajstić information content (AvgIpc) is 2.50. The van der Waals surface area contributed by atoms with Crippen LogP contribution in [0.1, 0.15) is 12.0 Å². The summed E-state index contributed by atoms with van der Waals surface area (Å²) < 4.78 is 0. The molecule has 0 bridgehead atoms. The Morgan fingerprint density at radius 3 is 2.52 bits per heavy atom. The predicted octanol–water partition coefficient (Wildman–Crippen LogP) is 4.11. The maximum atomic E-state index is 11.7.